The zero-order chi connectivity index (χ0) is 15.6. The number of aliphatic hydroxyl groups is 1. The van der Waals surface area contributed by atoms with Crippen molar-refractivity contribution in [1.29, 1.82) is 0 Å². The van der Waals surface area contributed by atoms with Crippen LogP contribution in [0.4, 0.5) is 5.69 Å². The Kier molecular flexibility index (Phi) is 4.59. The van der Waals surface area contributed by atoms with E-state index in [1.165, 1.54) is 6.07 Å². The second-order valence-corrected chi connectivity index (χ2v) is 5.56. The number of nitro benzene ring substituents is 1. The van der Waals surface area contributed by atoms with Crippen molar-refractivity contribution < 1.29 is 14.8 Å². The van der Waals surface area contributed by atoms with Crippen LogP contribution in [0.3, 0.4) is 0 Å². The number of aliphatic hydroxyl groups excluding tert-OH is 1. The Morgan fingerprint density at radius 1 is 1.33 bits per heavy atom. The number of nitro groups is 1. The lowest BCUT2D eigenvalue weighted by Gasteiger charge is -2.14. The Balaban J connectivity index is 2.52. The van der Waals surface area contributed by atoms with E-state index in [1.54, 1.807) is 44.2 Å². The first-order valence-electron chi connectivity index (χ1n) is 6.29. The number of benzene rings is 2. The number of halogens is 1. The molecule has 6 heteroatoms. The first-order chi connectivity index (χ1) is 9.90. The average molecular weight is 352 g/mol. The minimum absolute atomic E-state index is 0.123. The van der Waals surface area contributed by atoms with E-state index >= 15 is 0 Å². The van der Waals surface area contributed by atoms with Crippen LogP contribution in [0.15, 0.2) is 40.9 Å². The van der Waals surface area contributed by atoms with Crippen LogP contribution in [-0.4, -0.2) is 10.0 Å². The molecule has 0 aromatic heterocycles. The Hall–Kier alpha value is -1.92. The van der Waals surface area contributed by atoms with Crippen LogP contribution < -0.4 is 4.74 Å². The van der Waals surface area contributed by atoms with E-state index in [0.29, 0.717) is 21.3 Å². The molecule has 0 aliphatic rings. The number of hydrogen-bond donors (Lipinski definition) is 1. The van der Waals surface area contributed by atoms with Gasteiger partial charge in [0.15, 0.2) is 0 Å². The average Bonchev–Trinajstić information content (AvgIpc) is 2.41. The molecule has 0 heterocycles. The Morgan fingerprint density at radius 2 is 2.00 bits per heavy atom. The summed E-state index contributed by atoms with van der Waals surface area (Å²) in [5.74, 6) is 0.581. The van der Waals surface area contributed by atoms with Gasteiger partial charge in [-0.05, 0) is 31.5 Å². The summed E-state index contributed by atoms with van der Waals surface area (Å²) in [4.78, 5) is 10.7. The first kappa shape index (κ1) is 15.5. The topological polar surface area (TPSA) is 72.6 Å². The van der Waals surface area contributed by atoms with Gasteiger partial charge >= 0.3 is 5.69 Å². The number of nitrogens with zero attached hydrogens (tertiary/aromatic N) is 1. The number of hydrogen-bond acceptors (Lipinski definition) is 4. The molecule has 2 aromatic carbocycles. The smallest absolute Gasteiger partial charge is 0.312 e. The van der Waals surface area contributed by atoms with Gasteiger partial charge in [0.2, 0.25) is 5.75 Å². The number of para-hydroxylation sites is 1. The molecule has 1 N–H and O–H groups in total. The molecule has 0 fully saturated rings. The maximum Gasteiger partial charge on any atom is 0.312 e. The normalized spacial score (nSPS) is 12.0. The number of aryl methyl sites for hydroxylation is 1. The summed E-state index contributed by atoms with van der Waals surface area (Å²) in [6, 6.07) is 10.1. The third-order valence-electron chi connectivity index (χ3n) is 3.00. The summed E-state index contributed by atoms with van der Waals surface area (Å²) in [6.07, 6.45) is -0.726. The summed E-state index contributed by atoms with van der Waals surface area (Å²) in [7, 11) is 0. The van der Waals surface area contributed by atoms with Gasteiger partial charge in [-0.15, -0.1) is 0 Å². The van der Waals surface area contributed by atoms with E-state index in [1.807, 2.05) is 0 Å². The largest absolute Gasteiger partial charge is 0.449 e. The van der Waals surface area contributed by atoms with Crippen molar-refractivity contribution in [3.63, 3.8) is 0 Å². The lowest BCUT2D eigenvalue weighted by Crippen LogP contribution is -2.00. The maximum absolute atomic E-state index is 11.2. The van der Waals surface area contributed by atoms with Gasteiger partial charge in [-0.1, -0.05) is 34.1 Å². The molecule has 0 bridgehead atoms. The van der Waals surface area contributed by atoms with Crippen molar-refractivity contribution in [2.75, 3.05) is 0 Å². The van der Waals surface area contributed by atoms with Gasteiger partial charge < -0.3 is 9.84 Å². The zero-order valence-corrected chi connectivity index (χ0v) is 13.1. The monoisotopic (exact) mass is 351 g/mol. The maximum atomic E-state index is 11.2. The SMILES string of the molecule is Cc1cc(Br)cc([N+](=O)[O-])c1Oc1ccccc1C(C)O. The van der Waals surface area contributed by atoms with E-state index in [0.717, 1.165) is 0 Å². The van der Waals surface area contributed by atoms with Crippen LogP contribution in [0.1, 0.15) is 24.2 Å². The molecule has 2 rings (SSSR count). The van der Waals surface area contributed by atoms with Gasteiger partial charge in [-0.3, -0.25) is 10.1 Å². The molecular weight excluding hydrogens is 338 g/mol. The van der Waals surface area contributed by atoms with E-state index in [2.05, 4.69) is 15.9 Å². The summed E-state index contributed by atoms with van der Waals surface area (Å²) in [5, 5.41) is 20.9. The van der Waals surface area contributed by atoms with Gasteiger partial charge in [0.25, 0.3) is 0 Å². The molecular formula is C15H14BrNO4. The van der Waals surface area contributed by atoms with E-state index in [4.69, 9.17) is 4.74 Å². The van der Waals surface area contributed by atoms with Gasteiger partial charge in [0, 0.05) is 16.1 Å². The van der Waals surface area contributed by atoms with Crippen LogP contribution in [0.5, 0.6) is 11.5 Å². The summed E-state index contributed by atoms with van der Waals surface area (Å²) in [6.45, 7) is 3.35. The third-order valence-corrected chi connectivity index (χ3v) is 3.46. The third kappa shape index (κ3) is 3.40. The van der Waals surface area contributed by atoms with Crippen LogP contribution >= 0.6 is 15.9 Å². The highest BCUT2D eigenvalue weighted by Crippen LogP contribution is 2.39. The van der Waals surface area contributed by atoms with Crippen molar-refractivity contribution in [3.8, 4) is 11.5 Å². The quantitative estimate of drug-likeness (QED) is 0.649. The summed E-state index contributed by atoms with van der Waals surface area (Å²) < 4.78 is 6.34. The minimum atomic E-state index is -0.726. The standard InChI is InChI=1S/C15H14BrNO4/c1-9-7-11(16)8-13(17(19)20)15(9)21-14-6-4-3-5-12(14)10(2)18/h3-8,10,18H,1-2H3. The molecule has 0 amide bonds. The van der Waals surface area contributed by atoms with Crippen molar-refractivity contribution in [3.05, 3.63) is 62.1 Å². The fourth-order valence-corrected chi connectivity index (χ4v) is 2.57. The highest BCUT2D eigenvalue weighted by molar-refractivity contribution is 9.10. The molecule has 5 nitrogen and oxygen atoms in total. The van der Waals surface area contributed by atoms with Crippen LogP contribution in [-0.2, 0) is 0 Å². The van der Waals surface area contributed by atoms with E-state index < -0.39 is 11.0 Å². The summed E-state index contributed by atoms with van der Waals surface area (Å²) >= 11 is 3.24. The van der Waals surface area contributed by atoms with Crippen molar-refractivity contribution in [2.24, 2.45) is 0 Å². The highest BCUT2D eigenvalue weighted by Gasteiger charge is 2.21. The van der Waals surface area contributed by atoms with Crippen LogP contribution in [0, 0.1) is 17.0 Å². The van der Waals surface area contributed by atoms with Crippen LogP contribution in [0.2, 0.25) is 0 Å². The van der Waals surface area contributed by atoms with E-state index in [9.17, 15) is 15.2 Å². The van der Waals surface area contributed by atoms with Crippen molar-refractivity contribution in [2.45, 2.75) is 20.0 Å². The fraction of sp³-hybridized carbons (Fsp3) is 0.200. The second kappa shape index (κ2) is 6.24. The molecule has 2 aromatic rings. The van der Waals surface area contributed by atoms with Gasteiger partial charge in [0.1, 0.15) is 5.75 Å². The Labute approximate surface area is 130 Å². The lowest BCUT2D eigenvalue weighted by atomic mass is 10.1. The van der Waals surface area contributed by atoms with Crippen molar-refractivity contribution in [1.82, 2.24) is 0 Å². The molecule has 21 heavy (non-hydrogen) atoms. The molecule has 0 aliphatic carbocycles. The molecule has 1 atom stereocenters. The van der Waals surface area contributed by atoms with Crippen LogP contribution in [0.25, 0.3) is 0 Å². The molecule has 0 aliphatic heterocycles. The molecule has 110 valence electrons. The van der Waals surface area contributed by atoms with Gasteiger partial charge in [-0.2, -0.15) is 0 Å². The Bertz CT molecular complexity index is 685. The van der Waals surface area contributed by atoms with Gasteiger partial charge in [-0.25, -0.2) is 0 Å². The predicted octanol–water partition coefficient (Wildman–Crippen LogP) is 4.51. The van der Waals surface area contributed by atoms with E-state index in [-0.39, 0.29) is 11.4 Å². The van der Waals surface area contributed by atoms with Crippen molar-refractivity contribution >= 4 is 21.6 Å². The molecule has 0 saturated heterocycles. The zero-order valence-electron chi connectivity index (χ0n) is 11.5. The second-order valence-electron chi connectivity index (χ2n) is 4.64. The fourth-order valence-electron chi connectivity index (χ4n) is 2.01. The molecule has 1 unspecified atom stereocenters. The lowest BCUT2D eigenvalue weighted by molar-refractivity contribution is -0.385. The molecule has 0 saturated carbocycles. The predicted molar refractivity (Wildman–Crippen MR) is 82.7 cm³/mol. The van der Waals surface area contributed by atoms with Gasteiger partial charge in [0.05, 0.1) is 11.0 Å². The molecule has 0 radical (unpaired) electrons. The Morgan fingerprint density at radius 3 is 2.62 bits per heavy atom. The highest BCUT2D eigenvalue weighted by atomic mass is 79.9. The number of rotatable bonds is 4. The number of ether oxygens (including phenoxy) is 1. The summed E-state index contributed by atoms with van der Waals surface area (Å²) in [5.41, 5.74) is 1.09. The molecule has 0 spiro atoms. The first-order valence-corrected chi connectivity index (χ1v) is 7.09. The minimum Gasteiger partial charge on any atom is -0.449 e.